The predicted molar refractivity (Wildman–Crippen MR) is 64.7 cm³/mol. The summed E-state index contributed by atoms with van der Waals surface area (Å²) >= 11 is 0. The van der Waals surface area contributed by atoms with Crippen LogP contribution in [0.1, 0.15) is 38.5 Å². The van der Waals surface area contributed by atoms with Crippen molar-refractivity contribution in [1.29, 1.82) is 0 Å². The molecular formula is C13H20N2O3. The summed E-state index contributed by atoms with van der Waals surface area (Å²) in [5.74, 6) is -0.361. The lowest BCUT2D eigenvalue weighted by atomic mass is 9.75. The van der Waals surface area contributed by atoms with Crippen molar-refractivity contribution in [1.82, 2.24) is 5.32 Å². The molecule has 0 heterocycles. The molecule has 3 fully saturated rings. The molecule has 4 atom stereocenters. The zero-order valence-electron chi connectivity index (χ0n) is 10.4. The van der Waals surface area contributed by atoms with Crippen LogP contribution in [0.2, 0.25) is 0 Å². The molecule has 4 unspecified atom stereocenters. The first-order valence-electron chi connectivity index (χ1n) is 6.84. The first kappa shape index (κ1) is 12.0. The van der Waals surface area contributed by atoms with Gasteiger partial charge in [0.15, 0.2) is 0 Å². The van der Waals surface area contributed by atoms with Gasteiger partial charge in [-0.1, -0.05) is 0 Å². The van der Waals surface area contributed by atoms with Crippen molar-refractivity contribution in [3.05, 3.63) is 0 Å². The van der Waals surface area contributed by atoms with E-state index in [0.29, 0.717) is 24.7 Å². The zero-order chi connectivity index (χ0) is 12.9. The molecule has 5 heteroatoms. The van der Waals surface area contributed by atoms with Crippen molar-refractivity contribution in [3.63, 3.8) is 0 Å². The number of aliphatic carboxylic acids is 1. The van der Waals surface area contributed by atoms with Crippen molar-refractivity contribution in [3.8, 4) is 0 Å². The van der Waals surface area contributed by atoms with Gasteiger partial charge in [-0.05, 0) is 50.4 Å². The molecule has 5 nitrogen and oxygen atoms in total. The number of carbonyl (C=O) groups excluding carboxylic acids is 1. The Morgan fingerprint density at radius 1 is 1.22 bits per heavy atom. The maximum atomic E-state index is 12.3. The summed E-state index contributed by atoms with van der Waals surface area (Å²) in [6, 6.07) is -0.0744. The summed E-state index contributed by atoms with van der Waals surface area (Å²) in [4.78, 5) is 23.6. The summed E-state index contributed by atoms with van der Waals surface area (Å²) in [6.07, 6.45) is 5.19. The Bertz CT molecular complexity index is 390. The molecule has 18 heavy (non-hydrogen) atoms. The highest BCUT2D eigenvalue weighted by Gasteiger charge is 2.52. The van der Waals surface area contributed by atoms with Crippen LogP contribution in [0.25, 0.3) is 0 Å². The van der Waals surface area contributed by atoms with E-state index in [0.717, 1.165) is 25.7 Å². The van der Waals surface area contributed by atoms with E-state index < -0.39 is 11.5 Å². The second-order valence-electron chi connectivity index (χ2n) is 6.17. The molecule has 0 aromatic carbocycles. The van der Waals surface area contributed by atoms with Crippen LogP contribution >= 0.6 is 0 Å². The molecule has 4 N–H and O–H groups in total. The minimum absolute atomic E-state index is 0.0744. The standard InChI is InChI=1S/C13H20N2O3/c14-10-8-3-2-7(6-8)9(10)11(16)15-13(12(17)18)4-1-5-13/h7-10H,1-6,14H2,(H,15,16)(H,17,18). The number of carboxylic acid groups (broad SMARTS) is 1. The van der Waals surface area contributed by atoms with E-state index in [4.69, 9.17) is 5.73 Å². The van der Waals surface area contributed by atoms with Gasteiger partial charge < -0.3 is 16.2 Å². The van der Waals surface area contributed by atoms with Gasteiger partial charge in [-0.25, -0.2) is 4.79 Å². The number of rotatable bonds is 3. The summed E-state index contributed by atoms with van der Waals surface area (Å²) in [6.45, 7) is 0. The molecule has 0 radical (unpaired) electrons. The molecule has 1 amide bonds. The number of amides is 1. The van der Waals surface area contributed by atoms with E-state index in [1.807, 2.05) is 0 Å². The zero-order valence-corrected chi connectivity index (χ0v) is 10.4. The molecule has 0 aromatic heterocycles. The van der Waals surface area contributed by atoms with Crippen LogP contribution in [0, 0.1) is 17.8 Å². The molecule has 3 aliphatic carbocycles. The maximum absolute atomic E-state index is 12.3. The highest BCUT2D eigenvalue weighted by Crippen LogP contribution is 2.48. The molecule has 0 saturated heterocycles. The SMILES string of the molecule is NC1C2CCC(C2)C1C(=O)NC1(C(=O)O)CCC1. The fourth-order valence-corrected chi connectivity index (χ4v) is 3.97. The number of carboxylic acids is 1. The molecular weight excluding hydrogens is 232 g/mol. The first-order chi connectivity index (χ1) is 8.53. The summed E-state index contributed by atoms with van der Waals surface area (Å²) in [5, 5.41) is 12.0. The molecule has 3 rings (SSSR count). The van der Waals surface area contributed by atoms with E-state index >= 15 is 0 Å². The van der Waals surface area contributed by atoms with Crippen molar-refractivity contribution >= 4 is 11.9 Å². The molecule has 3 saturated carbocycles. The number of nitrogens with one attached hydrogen (secondary N) is 1. The Morgan fingerprint density at radius 2 is 1.89 bits per heavy atom. The Hall–Kier alpha value is -1.10. The molecule has 100 valence electrons. The topological polar surface area (TPSA) is 92.4 Å². The highest BCUT2D eigenvalue weighted by atomic mass is 16.4. The minimum atomic E-state index is -1.00. The van der Waals surface area contributed by atoms with Crippen LogP contribution in [0.15, 0.2) is 0 Å². The average Bonchev–Trinajstić information content (AvgIpc) is 2.82. The van der Waals surface area contributed by atoms with E-state index in [2.05, 4.69) is 5.32 Å². The first-order valence-corrected chi connectivity index (χ1v) is 6.84. The van der Waals surface area contributed by atoms with Gasteiger partial charge in [0.2, 0.25) is 5.91 Å². The van der Waals surface area contributed by atoms with Crippen LogP contribution in [-0.2, 0) is 9.59 Å². The van der Waals surface area contributed by atoms with Crippen molar-refractivity contribution < 1.29 is 14.7 Å². The van der Waals surface area contributed by atoms with Gasteiger partial charge in [-0.2, -0.15) is 0 Å². The van der Waals surface area contributed by atoms with Crippen LogP contribution in [-0.4, -0.2) is 28.6 Å². The Labute approximate surface area is 106 Å². The lowest BCUT2D eigenvalue weighted by molar-refractivity contribution is -0.153. The number of hydrogen-bond acceptors (Lipinski definition) is 3. The summed E-state index contributed by atoms with van der Waals surface area (Å²) in [5.41, 5.74) is 5.11. The minimum Gasteiger partial charge on any atom is -0.480 e. The Balaban J connectivity index is 1.70. The average molecular weight is 252 g/mol. The third kappa shape index (κ3) is 1.56. The highest BCUT2D eigenvalue weighted by molar-refractivity contribution is 5.89. The monoisotopic (exact) mass is 252 g/mol. The van der Waals surface area contributed by atoms with E-state index in [1.54, 1.807) is 0 Å². The quantitative estimate of drug-likeness (QED) is 0.681. The smallest absolute Gasteiger partial charge is 0.329 e. The van der Waals surface area contributed by atoms with Crippen molar-refractivity contribution in [2.45, 2.75) is 50.1 Å². The van der Waals surface area contributed by atoms with Gasteiger partial charge in [0, 0.05) is 6.04 Å². The van der Waals surface area contributed by atoms with Gasteiger partial charge in [-0.3, -0.25) is 4.79 Å². The lowest BCUT2D eigenvalue weighted by Crippen LogP contribution is -2.61. The Kier molecular flexibility index (Phi) is 2.62. The van der Waals surface area contributed by atoms with Gasteiger partial charge in [0.05, 0.1) is 5.92 Å². The third-order valence-electron chi connectivity index (χ3n) is 5.26. The van der Waals surface area contributed by atoms with E-state index in [9.17, 15) is 14.7 Å². The second kappa shape index (κ2) is 3.95. The summed E-state index contributed by atoms with van der Waals surface area (Å²) < 4.78 is 0. The molecule has 0 aliphatic heterocycles. The van der Waals surface area contributed by atoms with Gasteiger partial charge in [0.25, 0.3) is 0 Å². The maximum Gasteiger partial charge on any atom is 0.329 e. The summed E-state index contributed by atoms with van der Waals surface area (Å²) in [7, 11) is 0. The van der Waals surface area contributed by atoms with Crippen molar-refractivity contribution in [2.75, 3.05) is 0 Å². The third-order valence-corrected chi connectivity index (χ3v) is 5.26. The molecule has 0 spiro atoms. The van der Waals surface area contributed by atoms with Gasteiger partial charge in [0.1, 0.15) is 5.54 Å². The molecule has 2 bridgehead atoms. The fourth-order valence-electron chi connectivity index (χ4n) is 3.97. The van der Waals surface area contributed by atoms with Crippen LogP contribution in [0.4, 0.5) is 0 Å². The molecule has 0 aromatic rings. The van der Waals surface area contributed by atoms with E-state index in [1.165, 1.54) is 0 Å². The lowest BCUT2D eigenvalue weighted by Gasteiger charge is -2.40. The fraction of sp³-hybridized carbons (Fsp3) is 0.846. The van der Waals surface area contributed by atoms with Crippen LogP contribution in [0.3, 0.4) is 0 Å². The van der Waals surface area contributed by atoms with Gasteiger partial charge in [-0.15, -0.1) is 0 Å². The number of carbonyl (C=O) groups is 2. The largest absolute Gasteiger partial charge is 0.480 e. The molecule has 3 aliphatic rings. The second-order valence-corrected chi connectivity index (χ2v) is 6.17. The van der Waals surface area contributed by atoms with Crippen LogP contribution in [0.5, 0.6) is 0 Å². The van der Waals surface area contributed by atoms with E-state index in [-0.39, 0.29) is 17.9 Å². The Morgan fingerprint density at radius 3 is 2.33 bits per heavy atom. The number of fused-ring (bicyclic) bond motifs is 2. The van der Waals surface area contributed by atoms with Crippen molar-refractivity contribution in [2.24, 2.45) is 23.5 Å². The van der Waals surface area contributed by atoms with Gasteiger partial charge >= 0.3 is 5.97 Å². The number of hydrogen-bond donors (Lipinski definition) is 3. The normalized spacial score (nSPS) is 40.3. The predicted octanol–water partition coefficient (Wildman–Crippen LogP) is 0.483. The number of nitrogens with two attached hydrogens (primary N) is 1. The van der Waals surface area contributed by atoms with Crippen LogP contribution < -0.4 is 11.1 Å².